The summed E-state index contributed by atoms with van der Waals surface area (Å²) in [5.41, 5.74) is 0.790. The van der Waals surface area contributed by atoms with Crippen molar-refractivity contribution in [3.05, 3.63) is 23.8 Å². The van der Waals surface area contributed by atoms with Crippen LogP contribution in [-0.4, -0.2) is 80.3 Å². The van der Waals surface area contributed by atoms with Gasteiger partial charge in [0.1, 0.15) is 12.4 Å². The van der Waals surface area contributed by atoms with Gasteiger partial charge in [0.05, 0.1) is 18.1 Å². The van der Waals surface area contributed by atoms with Gasteiger partial charge in [-0.2, -0.15) is 13.2 Å². The van der Waals surface area contributed by atoms with Gasteiger partial charge in [0.15, 0.2) is 0 Å². The molecule has 1 fully saturated rings. The third-order valence-electron chi connectivity index (χ3n) is 6.47. The number of benzene rings is 1. The Bertz CT molecular complexity index is 876. The van der Waals surface area contributed by atoms with Crippen LogP contribution in [0.25, 0.3) is 0 Å². The van der Waals surface area contributed by atoms with Gasteiger partial charge in [-0.3, -0.25) is 14.5 Å². The number of likely N-dealkylation sites (N-methyl/N-ethyl adjacent to an activating group) is 1. The number of hydrogen-bond acceptors (Lipinski definition) is 5. The van der Waals surface area contributed by atoms with Crippen molar-refractivity contribution in [2.24, 2.45) is 11.8 Å². The minimum absolute atomic E-state index is 0.0167. The molecule has 3 atom stereocenters. The molecule has 1 aliphatic heterocycles. The zero-order valence-electron chi connectivity index (χ0n) is 20.2. The second kappa shape index (κ2) is 10.9. The van der Waals surface area contributed by atoms with E-state index < -0.39 is 12.6 Å². The van der Waals surface area contributed by atoms with Crippen LogP contribution in [0.3, 0.4) is 0 Å². The monoisotopic (exact) mass is 485 g/mol. The average Bonchev–Trinajstić information content (AvgIpc) is 3.62. The van der Waals surface area contributed by atoms with Crippen LogP contribution in [0.2, 0.25) is 0 Å². The molecule has 0 bridgehead atoms. The topological polar surface area (TPSA) is 71.1 Å². The van der Waals surface area contributed by atoms with Crippen LogP contribution in [0.5, 0.6) is 5.75 Å². The highest BCUT2D eigenvalue weighted by Gasteiger charge is 2.33. The summed E-state index contributed by atoms with van der Waals surface area (Å²) in [6.45, 7) is 4.32. The zero-order chi connectivity index (χ0) is 25.0. The number of alkyl halides is 3. The Morgan fingerprint density at radius 3 is 2.56 bits per heavy atom. The number of anilines is 1. The van der Waals surface area contributed by atoms with E-state index in [2.05, 4.69) is 5.32 Å². The fourth-order valence-corrected chi connectivity index (χ4v) is 4.10. The molecule has 190 valence electrons. The predicted octanol–water partition coefficient (Wildman–Crippen LogP) is 3.79. The van der Waals surface area contributed by atoms with Crippen LogP contribution in [0.4, 0.5) is 18.9 Å². The molecule has 1 aliphatic carbocycles. The number of amides is 2. The first-order valence-corrected chi connectivity index (χ1v) is 11.6. The summed E-state index contributed by atoms with van der Waals surface area (Å²) in [5, 5.41) is 2.84. The lowest BCUT2D eigenvalue weighted by molar-refractivity contribution is -0.140. The second-order valence-corrected chi connectivity index (χ2v) is 9.43. The van der Waals surface area contributed by atoms with Gasteiger partial charge in [-0.25, -0.2) is 0 Å². The largest absolute Gasteiger partial charge is 0.491 e. The Balaban J connectivity index is 1.88. The molecule has 7 nitrogen and oxygen atoms in total. The van der Waals surface area contributed by atoms with Crippen molar-refractivity contribution in [3.8, 4) is 5.75 Å². The smallest absolute Gasteiger partial charge is 0.390 e. The zero-order valence-corrected chi connectivity index (χ0v) is 20.2. The fraction of sp³-hybridized carbons (Fsp3) is 0.667. The standard InChI is InChI=1S/C24H34F3N3O4/c1-15-12-30(10-9-24(25,26)27)16(2)14-34-20-8-7-18(28-22(31)17-5-6-17)11-19(20)23(32)29(3)13-21(15)33-4/h7-8,11,15-17,21H,5-6,9-10,12-14H2,1-4H3,(H,28,31)/t15-,16+,21-/m0/s1. The van der Waals surface area contributed by atoms with Gasteiger partial charge < -0.3 is 19.7 Å². The van der Waals surface area contributed by atoms with Crippen molar-refractivity contribution in [2.75, 3.05) is 45.7 Å². The minimum atomic E-state index is -4.26. The summed E-state index contributed by atoms with van der Waals surface area (Å²) in [4.78, 5) is 28.8. The molecule has 1 aromatic carbocycles. The Morgan fingerprint density at radius 1 is 1.24 bits per heavy atom. The first kappa shape index (κ1) is 26.3. The van der Waals surface area contributed by atoms with E-state index in [9.17, 15) is 22.8 Å². The Kier molecular flexibility index (Phi) is 8.46. The Morgan fingerprint density at radius 2 is 1.94 bits per heavy atom. The number of carbonyl (C=O) groups excluding carboxylic acids is 2. The lowest BCUT2D eigenvalue weighted by atomic mass is 10.0. The van der Waals surface area contributed by atoms with E-state index in [4.69, 9.17) is 9.47 Å². The number of ether oxygens (including phenoxy) is 2. The molecule has 0 saturated heterocycles. The number of nitrogens with zero attached hydrogens (tertiary/aromatic N) is 2. The average molecular weight is 486 g/mol. The number of methoxy groups -OCH3 is 1. The van der Waals surface area contributed by atoms with E-state index in [1.54, 1.807) is 30.1 Å². The number of carbonyl (C=O) groups is 2. The van der Waals surface area contributed by atoms with Crippen molar-refractivity contribution < 1.29 is 32.2 Å². The highest BCUT2D eigenvalue weighted by Crippen LogP contribution is 2.32. The molecule has 2 aliphatic rings. The summed E-state index contributed by atoms with van der Waals surface area (Å²) >= 11 is 0. The fourth-order valence-electron chi connectivity index (χ4n) is 4.10. The van der Waals surface area contributed by atoms with Gasteiger partial charge >= 0.3 is 6.18 Å². The molecule has 0 aromatic heterocycles. The lowest BCUT2D eigenvalue weighted by Gasteiger charge is -2.36. The molecule has 2 amide bonds. The van der Waals surface area contributed by atoms with Crippen molar-refractivity contribution in [3.63, 3.8) is 0 Å². The van der Waals surface area contributed by atoms with Crippen LogP contribution in [-0.2, 0) is 9.53 Å². The van der Waals surface area contributed by atoms with E-state index in [-0.39, 0.29) is 61.1 Å². The van der Waals surface area contributed by atoms with Crippen LogP contribution >= 0.6 is 0 Å². The van der Waals surface area contributed by atoms with Gasteiger partial charge in [0.25, 0.3) is 5.91 Å². The number of halogens is 3. The van der Waals surface area contributed by atoms with E-state index in [1.165, 1.54) is 12.0 Å². The summed E-state index contributed by atoms with van der Waals surface area (Å²) in [6.07, 6.45) is -3.81. The highest BCUT2D eigenvalue weighted by atomic mass is 19.4. The number of nitrogens with one attached hydrogen (secondary N) is 1. The quantitative estimate of drug-likeness (QED) is 0.687. The van der Waals surface area contributed by atoms with Crippen LogP contribution < -0.4 is 10.1 Å². The predicted molar refractivity (Wildman–Crippen MR) is 122 cm³/mol. The molecular weight excluding hydrogens is 451 g/mol. The maximum Gasteiger partial charge on any atom is 0.390 e. The molecule has 0 unspecified atom stereocenters. The molecule has 34 heavy (non-hydrogen) atoms. The maximum absolute atomic E-state index is 13.3. The highest BCUT2D eigenvalue weighted by molar-refractivity contribution is 6.00. The van der Waals surface area contributed by atoms with Crippen LogP contribution in [0.15, 0.2) is 18.2 Å². The summed E-state index contributed by atoms with van der Waals surface area (Å²) in [6, 6.07) is 4.57. The van der Waals surface area contributed by atoms with Crippen LogP contribution in [0, 0.1) is 11.8 Å². The molecule has 3 rings (SSSR count). The maximum atomic E-state index is 13.3. The third-order valence-corrected chi connectivity index (χ3v) is 6.47. The van der Waals surface area contributed by atoms with Crippen molar-refractivity contribution >= 4 is 17.5 Å². The molecule has 0 spiro atoms. The lowest BCUT2D eigenvalue weighted by Crippen LogP contribution is -2.47. The Hall–Kier alpha value is -2.33. The minimum Gasteiger partial charge on any atom is -0.491 e. The van der Waals surface area contributed by atoms with Gasteiger partial charge in [0.2, 0.25) is 5.91 Å². The van der Waals surface area contributed by atoms with Crippen LogP contribution in [0.1, 0.15) is 43.5 Å². The van der Waals surface area contributed by atoms with Gasteiger partial charge in [0, 0.05) is 51.4 Å². The van der Waals surface area contributed by atoms with E-state index >= 15 is 0 Å². The molecule has 1 saturated carbocycles. The summed E-state index contributed by atoms with van der Waals surface area (Å²) in [7, 11) is 3.19. The second-order valence-electron chi connectivity index (χ2n) is 9.43. The molecule has 1 N–H and O–H groups in total. The van der Waals surface area contributed by atoms with E-state index in [1.807, 2.05) is 13.8 Å². The molecule has 0 radical (unpaired) electrons. The van der Waals surface area contributed by atoms with E-state index in [0.29, 0.717) is 18.0 Å². The first-order valence-electron chi connectivity index (χ1n) is 11.6. The van der Waals surface area contributed by atoms with Gasteiger partial charge in [-0.05, 0) is 43.9 Å². The van der Waals surface area contributed by atoms with Crippen molar-refractivity contribution in [1.29, 1.82) is 0 Å². The molecule has 1 heterocycles. The number of rotatable bonds is 5. The van der Waals surface area contributed by atoms with Gasteiger partial charge in [-0.15, -0.1) is 0 Å². The van der Waals surface area contributed by atoms with E-state index in [0.717, 1.165) is 12.8 Å². The number of hydrogen-bond donors (Lipinski definition) is 1. The molecule has 1 aromatic rings. The Labute approximate surface area is 198 Å². The van der Waals surface area contributed by atoms with Gasteiger partial charge in [-0.1, -0.05) is 6.92 Å². The summed E-state index contributed by atoms with van der Waals surface area (Å²) in [5.74, 6) is -0.139. The number of fused-ring (bicyclic) bond motifs is 1. The normalized spacial score (nSPS) is 25.1. The summed E-state index contributed by atoms with van der Waals surface area (Å²) < 4.78 is 50.4. The van der Waals surface area contributed by atoms with Crippen molar-refractivity contribution in [1.82, 2.24) is 9.80 Å². The third kappa shape index (κ3) is 7.09. The molecule has 10 heteroatoms. The first-order chi connectivity index (χ1) is 16.0. The van der Waals surface area contributed by atoms with Crippen molar-refractivity contribution in [2.45, 2.75) is 51.4 Å². The SMILES string of the molecule is CO[C@H]1CN(C)C(=O)c2cc(NC(=O)C3CC3)ccc2OC[C@@H](C)N(CCC(F)(F)F)C[C@@H]1C. The molecular formula is C24H34F3N3O4.